The van der Waals surface area contributed by atoms with Crippen LogP contribution >= 0.6 is 11.6 Å². The highest BCUT2D eigenvalue weighted by Crippen LogP contribution is 2.42. The highest BCUT2D eigenvalue weighted by molar-refractivity contribution is 6.31. The van der Waals surface area contributed by atoms with Crippen molar-refractivity contribution >= 4 is 23.2 Å². The monoisotopic (exact) mass is 367 g/mol. The van der Waals surface area contributed by atoms with Gasteiger partial charge in [-0.3, -0.25) is 4.79 Å². The van der Waals surface area contributed by atoms with Crippen molar-refractivity contribution in [3.8, 4) is 11.5 Å². The number of aromatic amines is 1. The summed E-state index contributed by atoms with van der Waals surface area (Å²) in [7, 11) is 0. The zero-order chi connectivity index (χ0) is 17.7. The molecule has 0 saturated carbocycles. The minimum Gasteiger partial charge on any atom is -0.463 e. The van der Waals surface area contributed by atoms with Crippen LogP contribution in [0.25, 0.3) is 11.5 Å². The summed E-state index contributed by atoms with van der Waals surface area (Å²) >= 11 is 6.44. The Hall–Kier alpha value is -3.46. The van der Waals surface area contributed by atoms with Gasteiger partial charge in [0.05, 0.1) is 6.26 Å². The standard InChI is InChI=1S/C16H10ClN7O2/c17-9-5-2-1-4-8(9)14-11-12(10-6-3-7-26-10)19-20-15(25)13(11)18-16-21-22-23-24(14)16/h1-7,14H,(H,20,25)(H,18,21,23)/t14-/m1/s1. The molecular formula is C16H10ClN7O2. The number of fused-ring (bicyclic) bond motifs is 2. The summed E-state index contributed by atoms with van der Waals surface area (Å²) in [6.07, 6.45) is 1.54. The topological polar surface area (TPSA) is 115 Å². The van der Waals surface area contributed by atoms with E-state index in [4.69, 9.17) is 16.0 Å². The maximum absolute atomic E-state index is 12.5. The maximum Gasteiger partial charge on any atom is 0.288 e. The van der Waals surface area contributed by atoms with Gasteiger partial charge in [-0.1, -0.05) is 34.9 Å². The van der Waals surface area contributed by atoms with Gasteiger partial charge in [-0.2, -0.15) is 9.78 Å². The molecule has 0 bridgehead atoms. The minimum atomic E-state index is -0.542. The molecule has 1 atom stereocenters. The number of H-pyrrole nitrogens is 1. The second-order valence-electron chi connectivity index (χ2n) is 5.66. The Balaban J connectivity index is 1.87. The Morgan fingerprint density at radius 3 is 2.88 bits per heavy atom. The zero-order valence-corrected chi connectivity index (χ0v) is 13.8. The largest absolute Gasteiger partial charge is 0.463 e. The van der Waals surface area contributed by atoms with Gasteiger partial charge < -0.3 is 9.73 Å². The summed E-state index contributed by atoms with van der Waals surface area (Å²) in [6.45, 7) is 0. The van der Waals surface area contributed by atoms with Gasteiger partial charge in [0.15, 0.2) is 5.76 Å². The molecule has 0 radical (unpaired) electrons. The van der Waals surface area contributed by atoms with E-state index in [0.29, 0.717) is 33.7 Å². The first-order valence-corrected chi connectivity index (χ1v) is 8.07. The molecule has 9 nitrogen and oxygen atoms in total. The lowest BCUT2D eigenvalue weighted by molar-refractivity contribution is 0.554. The predicted octanol–water partition coefficient (Wildman–Crippen LogP) is 2.36. The summed E-state index contributed by atoms with van der Waals surface area (Å²) in [5, 5.41) is 21.9. The van der Waals surface area contributed by atoms with E-state index < -0.39 is 6.04 Å². The van der Waals surface area contributed by atoms with Crippen molar-refractivity contribution in [3.05, 3.63) is 69.2 Å². The van der Waals surface area contributed by atoms with E-state index in [9.17, 15) is 4.79 Å². The molecule has 128 valence electrons. The van der Waals surface area contributed by atoms with E-state index in [-0.39, 0.29) is 5.56 Å². The molecule has 4 heterocycles. The molecule has 10 heteroatoms. The van der Waals surface area contributed by atoms with Crippen LogP contribution in [0.3, 0.4) is 0 Å². The lowest BCUT2D eigenvalue weighted by Gasteiger charge is -2.27. The van der Waals surface area contributed by atoms with Gasteiger partial charge in [-0.25, -0.2) is 5.10 Å². The van der Waals surface area contributed by atoms with E-state index >= 15 is 0 Å². The SMILES string of the molecule is O=c1[nH]nc(-c2ccco2)c2c1Nc1nnnn1[C@@H]2c1ccccc1Cl. The molecule has 1 aliphatic rings. The van der Waals surface area contributed by atoms with E-state index in [0.717, 1.165) is 5.56 Å². The number of furan rings is 1. The van der Waals surface area contributed by atoms with Crippen LogP contribution in [-0.2, 0) is 0 Å². The molecule has 0 spiro atoms. The van der Waals surface area contributed by atoms with Gasteiger partial charge >= 0.3 is 0 Å². The maximum atomic E-state index is 12.5. The normalized spacial score (nSPS) is 15.2. The number of nitrogens with one attached hydrogen (secondary N) is 2. The Morgan fingerprint density at radius 1 is 1.19 bits per heavy atom. The average molecular weight is 368 g/mol. The van der Waals surface area contributed by atoms with Crippen molar-refractivity contribution in [2.45, 2.75) is 6.04 Å². The fraction of sp³-hybridized carbons (Fsp3) is 0.0625. The van der Waals surface area contributed by atoms with Crippen LogP contribution in [0, 0.1) is 0 Å². The molecule has 26 heavy (non-hydrogen) atoms. The molecule has 0 unspecified atom stereocenters. The molecule has 3 aromatic heterocycles. The fourth-order valence-electron chi connectivity index (χ4n) is 3.12. The molecule has 2 N–H and O–H groups in total. The lowest BCUT2D eigenvalue weighted by Crippen LogP contribution is -2.29. The summed E-state index contributed by atoms with van der Waals surface area (Å²) in [5.74, 6) is 0.845. The van der Waals surface area contributed by atoms with Gasteiger partial charge in [-0.05, 0) is 28.6 Å². The summed E-state index contributed by atoms with van der Waals surface area (Å²) in [6, 6.07) is 10.3. The third-order valence-corrected chi connectivity index (χ3v) is 4.57. The van der Waals surface area contributed by atoms with Crippen molar-refractivity contribution in [2.75, 3.05) is 5.32 Å². The molecule has 1 aromatic carbocycles. The Labute approximate surface area is 150 Å². The van der Waals surface area contributed by atoms with E-state index in [1.807, 2.05) is 18.2 Å². The van der Waals surface area contributed by atoms with Gasteiger partial charge in [0.1, 0.15) is 17.4 Å². The number of anilines is 2. The number of tetrazole rings is 1. The molecule has 5 rings (SSSR count). The van der Waals surface area contributed by atoms with E-state index in [2.05, 4.69) is 31.0 Å². The third kappa shape index (κ3) is 2.07. The molecule has 4 aromatic rings. The Kier molecular flexibility index (Phi) is 3.16. The first-order valence-electron chi connectivity index (χ1n) is 7.70. The number of hydrogen-bond donors (Lipinski definition) is 2. The summed E-state index contributed by atoms with van der Waals surface area (Å²) in [4.78, 5) is 12.5. The zero-order valence-electron chi connectivity index (χ0n) is 13.0. The van der Waals surface area contributed by atoms with Crippen LogP contribution in [0.15, 0.2) is 51.9 Å². The summed E-state index contributed by atoms with van der Waals surface area (Å²) in [5.41, 5.74) is 1.71. The van der Waals surface area contributed by atoms with Gasteiger partial charge in [0.25, 0.3) is 5.56 Å². The highest BCUT2D eigenvalue weighted by atomic mass is 35.5. The van der Waals surface area contributed by atoms with Crippen LogP contribution in [0.2, 0.25) is 5.02 Å². The fourth-order valence-corrected chi connectivity index (χ4v) is 3.36. The van der Waals surface area contributed by atoms with Crippen LogP contribution in [0.1, 0.15) is 17.2 Å². The predicted molar refractivity (Wildman–Crippen MR) is 92.4 cm³/mol. The summed E-state index contributed by atoms with van der Waals surface area (Å²) < 4.78 is 7.07. The quantitative estimate of drug-likeness (QED) is 0.492. The van der Waals surface area contributed by atoms with Crippen molar-refractivity contribution < 1.29 is 4.42 Å². The molecule has 0 fully saturated rings. The second-order valence-corrected chi connectivity index (χ2v) is 6.07. The van der Waals surface area contributed by atoms with Gasteiger partial charge in [-0.15, -0.1) is 0 Å². The second kappa shape index (κ2) is 5.53. The first kappa shape index (κ1) is 14.8. The first-order chi connectivity index (χ1) is 12.7. The molecule has 0 aliphatic carbocycles. The number of hydrogen-bond acceptors (Lipinski definition) is 7. The van der Waals surface area contributed by atoms with E-state index in [1.165, 1.54) is 6.26 Å². The molecule has 0 amide bonds. The average Bonchev–Trinajstić information content (AvgIpc) is 3.33. The smallest absolute Gasteiger partial charge is 0.288 e. The number of nitrogens with zero attached hydrogens (tertiary/aromatic N) is 5. The number of benzene rings is 1. The van der Waals surface area contributed by atoms with Crippen LogP contribution in [-0.4, -0.2) is 30.4 Å². The Morgan fingerprint density at radius 2 is 2.08 bits per heavy atom. The lowest BCUT2D eigenvalue weighted by atomic mass is 9.94. The van der Waals surface area contributed by atoms with Gasteiger partial charge in [0.2, 0.25) is 5.95 Å². The van der Waals surface area contributed by atoms with Crippen molar-refractivity contribution in [3.63, 3.8) is 0 Å². The third-order valence-electron chi connectivity index (χ3n) is 4.22. The minimum absolute atomic E-state index is 0.304. The van der Waals surface area contributed by atoms with Crippen LogP contribution < -0.4 is 10.9 Å². The molecular weight excluding hydrogens is 358 g/mol. The number of rotatable bonds is 2. The van der Waals surface area contributed by atoms with E-state index in [1.54, 1.807) is 22.9 Å². The van der Waals surface area contributed by atoms with Crippen molar-refractivity contribution in [1.82, 2.24) is 30.4 Å². The Bertz CT molecular complexity index is 1170. The van der Waals surface area contributed by atoms with Crippen LogP contribution in [0.4, 0.5) is 11.6 Å². The van der Waals surface area contributed by atoms with Crippen LogP contribution in [0.5, 0.6) is 0 Å². The number of halogens is 1. The molecule has 0 saturated heterocycles. The van der Waals surface area contributed by atoms with Crippen molar-refractivity contribution in [1.29, 1.82) is 0 Å². The number of aromatic nitrogens is 6. The van der Waals surface area contributed by atoms with Gasteiger partial charge in [0, 0.05) is 16.1 Å². The molecule has 1 aliphatic heterocycles. The highest BCUT2D eigenvalue weighted by Gasteiger charge is 2.35. The van der Waals surface area contributed by atoms with Crippen molar-refractivity contribution in [2.24, 2.45) is 0 Å².